The molecule has 1 aliphatic heterocycles. The maximum Gasteiger partial charge on any atom is 0.167 e. The van der Waals surface area contributed by atoms with Gasteiger partial charge in [0.1, 0.15) is 6.10 Å². The molecule has 0 aliphatic carbocycles. The van der Waals surface area contributed by atoms with Crippen molar-refractivity contribution in [1.29, 1.82) is 0 Å². The molecule has 4 nitrogen and oxygen atoms in total. The van der Waals surface area contributed by atoms with Gasteiger partial charge in [-0.3, -0.25) is 4.79 Å². The molecule has 0 amide bonds. The van der Waals surface area contributed by atoms with Gasteiger partial charge in [-0.05, 0) is 12.8 Å². The SMILES string of the molecule is NCC(CN)C(=O)C1CCCO1. The lowest BCUT2D eigenvalue weighted by Gasteiger charge is -2.15. The number of rotatable bonds is 4. The van der Waals surface area contributed by atoms with E-state index >= 15 is 0 Å². The van der Waals surface area contributed by atoms with Crippen LogP contribution in [0.25, 0.3) is 0 Å². The van der Waals surface area contributed by atoms with Crippen LogP contribution in [0.5, 0.6) is 0 Å². The van der Waals surface area contributed by atoms with Crippen LogP contribution in [0, 0.1) is 5.92 Å². The molecule has 0 radical (unpaired) electrons. The first kappa shape index (κ1) is 9.64. The summed E-state index contributed by atoms with van der Waals surface area (Å²) in [4.78, 5) is 11.5. The molecule has 0 bridgehead atoms. The zero-order valence-electron chi connectivity index (χ0n) is 7.16. The number of ketones is 1. The minimum absolute atomic E-state index is 0.0810. The first-order chi connectivity index (χ1) is 5.79. The standard InChI is InChI=1S/C8H16N2O2/c9-4-6(5-10)8(11)7-2-1-3-12-7/h6-7H,1-5,9-10H2. The zero-order valence-corrected chi connectivity index (χ0v) is 7.16. The third-order valence-corrected chi connectivity index (χ3v) is 2.22. The second-order valence-corrected chi connectivity index (χ2v) is 3.07. The van der Waals surface area contributed by atoms with E-state index in [0.29, 0.717) is 19.7 Å². The smallest absolute Gasteiger partial charge is 0.167 e. The third kappa shape index (κ3) is 2.03. The van der Waals surface area contributed by atoms with Gasteiger partial charge in [0.2, 0.25) is 0 Å². The Kier molecular flexibility index (Phi) is 3.65. The van der Waals surface area contributed by atoms with Gasteiger partial charge in [0.15, 0.2) is 5.78 Å². The van der Waals surface area contributed by atoms with E-state index < -0.39 is 0 Å². The van der Waals surface area contributed by atoms with Gasteiger partial charge in [-0.15, -0.1) is 0 Å². The average molecular weight is 172 g/mol. The van der Waals surface area contributed by atoms with Crippen molar-refractivity contribution in [3.8, 4) is 0 Å². The Morgan fingerprint density at radius 3 is 2.58 bits per heavy atom. The zero-order chi connectivity index (χ0) is 8.97. The van der Waals surface area contributed by atoms with Crippen LogP contribution in [-0.2, 0) is 9.53 Å². The Bertz CT molecular complexity index is 147. The maximum atomic E-state index is 11.5. The fourth-order valence-electron chi connectivity index (χ4n) is 1.39. The molecule has 1 heterocycles. The van der Waals surface area contributed by atoms with Gasteiger partial charge in [0.05, 0.1) is 0 Å². The summed E-state index contributed by atoms with van der Waals surface area (Å²) in [7, 11) is 0. The highest BCUT2D eigenvalue weighted by Gasteiger charge is 2.28. The van der Waals surface area contributed by atoms with Crippen LogP contribution in [-0.4, -0.2) is 31.6 Å². The topological polar surface area (TPSA) is 78.3 Å². The molecule has 4 heteroatoms. The molecule has 0 saturated carbocycles. The average Bonchev–Trinajstić information content (AvgIpc) is 2.58. The Hall–Kier alpha value is -0.450. The van der Waals surface area contributed by atoms with Crippen molar-refractivity contribution in [2.45, 2.75) is 18.9 Å². The molecule has 0 aromatic rings. The minimum atomic E-state index is -0.234. The molecule has 0 aromatic heterocycles. The van der Waals surface area contributed by atoms with E-state index in [1.165, 1.54) is 0 Å². The van der Waals surface area contributed by atoms with Crippen molar-refractivity contribution in [2.75, 3.05) is 19.7 Å². The first-order valence-electron chi connectivity index (χ1n) is 4.35. The molecule has 1 rings (SSSR count). The van der Waals surface area contributed by atoms with Crippen LogP contribution in [0.15, 0.2) is 0 Å². The Balaban J connectivity index is 2.43. The minimum Gasteiger partial charge on any atom is -0.370 e. The first-order valence-corrected chi connectivity index (χ1v) is 4.35. The molecule has 0 aromatic carbocycles. The molecule has 4 N–H and O–H groups in total. The lowest BCUT2D eigenvalue weighted by atomic mass is 9.98. The van der Waals surface area contributed by atoms with Crippen molar-refractivity contribution < 1.29 is 9.53 Å². The van der Waals surface area contributed by atoms with Gasteiger partial charge in [-0.1, -0.05) is 0 Å². The highest BCUT2D eigenvalue weighted by molar-refractivity contribution is 5.86. The molecular formula is C8H16N2O2. The van der Waals surface area contributed by atoms with Crippen molar-refractivity contribution in [3.05, 3.63) is 0 Å². The molecule has 1 unspecified atom stereocenters. The molecule has 0 spiro atoms. The third-order valence-electron chi connectivity index (χ3n) is 2.22. The molecule has 1 saturated heterocycles. The monoisotopic (exact) mass is 172 g/mol. The van der Waals surface area contributed by atoms with E-state index in [2.05, 4.69) is 0 Å². The van der Waals surface area contributed by atoms with Crippen LogP contribution in [0.2, 0.25) is 0 Å². The van der Waals surface area contributed by atoms with Crippen LogP contribution < -0.4 is 11.5 Å². The Morgan fingerprint density at radius 2 is 2.17 bits per heavy atom. The number of carbonyl (C=O) groups excluding carboxylic acids is 1. The van der Waals surface area contributed by atoms with Crippen LogP contribution in [0.3, 0.4) is 0 Å². The maximum absolute atomic E-state index is 11.5. The van der Waals surface area contributed by atoms with Gasteiger partial charge in [-0.2, -0.15) is 0 Å². The second-order valence-electron chi connectivity index (χ2n) is 3.07. The lowest BCUT2D eigenvalue weighted by Crippen LogP contribution is -2.37. The van der Waals surface area contributed by atoms with E-state index in [4.69, 9.17) is 16.2 Å². The quantitative estimate of drug-likeness (QED) is 0.586. The normalized spacial score (nSPS) is 23.4. The number of hydrogen-bond acceptors (Lipinski definition) is 4. The Labute approximate surface area is 72.2 Å². The van der Waals surface area contributed by atoms with Crippen molar-refractivity contribution >= 4 is 5.78 Å². The molecule has 1 atom stereocenters. The van der Waals surface area contributed by atoms with Crippen LogP contribution >= 0.6 is 0 Å². The number of carbonyl (C=O) groups is 1. The summed E-state index contributed by atoms with van der Waals surface area (Å²) in [5.74, 6) is -0.134. The number of nitrogens with two attached hydrogens (primary N) is 2. The molecule has 1 fully saturated rings. The molecular weight excluding hydrogens is 156 g/mol. The summed E-state index contributed by atoms with van der Waals surface area (Å²) in [6.45, 7) is 1.35. The van der Waals surface area contributed by atoms with Gasteiger partial charge >= 0.3 is 0 Å². The predicted molar refractivity (Wildman–Crippen MR) is 45.6 cm³/mol. The largest absolute Gasteiger partial charge is 0.370 e. The Morgan fingerprint density at radius 1 is 1.50 bits per heavy atom. The highest BCUT2D eigenvalue weighted by Crippen LogP contribution is 2.15. The number of ether oxygens (including phenoxy) is 1. The highest BCUT2D eigenvalue weighted by atomic mass is 16.5. The van der Waals surface area contributed by atoms with Crippen LogP contribution in [0.4, 0.5) is 0 Å². The van der Waals surface area contributed by atoms with Crippen molar-refractivity contribution in [2.24, 2.45) is 17.4 Å². The van der Waals surface area contributed by atoms with Gasteiger partial charge in [0, 0.05) is 25.6 Å². The van der Waals surface area contributed by atoms with E-state index in [0.717, 1.165) is 12.8 Å². The number of Topliss-reactive ketones (excluding diaryl/α,β-unsaturated/α-hetero) is 1. The second kappa shape index (κ2) is 4.54. The van der Waals surface area contributed by atoms with Crippen molar-refractivity contribution in [3.63, 3.8) is 0 Å². The lowest BCUT2D eigenvalue weighted by molar-refractivity contribution is -0.131. The fraction of sp³-hybridized carbons (Fsp3) is 0.875. The summed E-state index contributed by atoms with van der Waals surface area (Å²) < 4.78 is 5.24. The van der Waals surface area contributed by atoms with E-state index in [1.54, 1.807) is 0 Å². The van der Waals surface area contributed by atoms with E-state index in [1.807, 2.05) is 0 Å². The summed E-state index contributed by atoms with van der Waals surface area (Å²) >= 11 is 0. The summed E-state index contributed by atoms with van der Waals surface area (Å²) in [5.41, 5.74) is 10.8. The van der Waals surface area contributed by atoms with E-state index in [-0.39, 0.29) is 17.8 Å². The fourth-order valence-corrected chi connectivity index (χ4v) is 1.39. The molecule has 70 valence electrons. The van der Waals surface area contributed by atoms with Crippen molar-refractivity contribution in [1.82, 2.24) is 0 Å². The van der Waals surface area contributed by atoms with Gasteiger partial charge in [-0.25, -0.2) is 0 Å². The summed E-state index contributed by atoms with van der Waals surface area (Å²) in [6.07, 6.45) is 1.57. The van der Waals surface area contributed by atoms with Gasteiger partial charge in [0.25, 0.3) is 0 Å². The van der Waals surface area contributed by atoms with Gasteiger partial charge < -0.3 is 16.2 Å². The predicted octanol–water partition coefficient (Wildman–Crippen LogP) is -0.732. The van der Waals surface area contributed by atoms with Crippen LogP contribution in [0.1, 0.15) is 12.8 Å². The molecule has 12 heavy (non-hydrogen) atoms. The summed E-state index contributed by atoms with van der Waals surface area (Å²) in [6, 6.07) is 0. The molecule has 1 aliphatic rings. The summed E-state index contributed by atoms with van der Waals surface area (Å²) in [5, 5.41) is 0. The number of hydrogen-bond donors (Lipinski definition) is 2. The van der Waals surface area contributed by atoms with E-state index in [9.17, 15) is 4.79 Å².